The van der Waals surface area contributed by atoms with Crippen LogP contribution in [-0.4, -0.2) is 65.4 Å². The van der Waals surface area contributed by atoms with E-state index in [1.165, 1.54) is 16.6 Å². The van der Waals surface area contributed by atoms with Crippen LogP contribution >= 0.6 is 0 Å². The number of anilines is 1. The first-order chi connectivity index (χ1) is 19.2. The molecule has 2 amide bonds. The Morgan fingerprint density at radius 3 is 2.40 bits per heavy atom. The van der Waals surface area contributed by atoms with Gasteiger partial charge in [-0.05, 0) is 92.8 Å². The van der Waals surface area contributed by atoms with Crippen LogP contribution in [0.1, 0.15) is 63.1 Å². The van der Waals surface area contributed by atoms with Crippen molar-refractivity contribution < 1.29 is 14.3 Å². The number of aromatic nitrogens is 1. The van der Waals surface area contributed by atoms with E-state index in [0.29, 0.717) is 25.2 Å². The standard InChI is InChI=1S/C33H42N4O3/c1-21-29(25-8-6-7-9-27(25)34-21)30-26(32(30,2)3)20-28(38)37(23-12-13-23)33(16-18-36(4)19-17-33)31(39)35-22-10-14-24(40-5)15-11-22/h6-11,14-15,23,26,30,34H,12-13,16-20H2,1-5H3,(H,35,39). The van der Waals surface area contributed by atoms with Crippen molar-refractivity contribution in [1.29, 1.82) is 0 Å². The number of aryl methyl sites for hydroxylation is 1. The molecule has 2 N–H and O–H groups in total. The number of H-pyrrole nitrogens is 1. The average molecular weight is 543 g/mol. The van der Waals surface area contributed by atoms with Gasteiger partial charge >= 0.3 is 0 Å². The van der Waals surface area contributed by atoms with E-state index in [4.69, 9.17) is 4.74 Å². The molecule has 7 heteroatoms. The van der Waals surface area contributed by atoms with Crippen molar-refractivity contribution in [2.75, 3.05) is 32.6 Å². The molecule has 3 aromatic rings. The Kier molecular flexibility index (Phi) is 6.68. The lowest BCUT2D eigenvalue weighted by Crippen LogP contribution is -2.64. The third-order valence-electron chi connectivity index (χ3n) is 9.93. The molecule has 40 heavy (non-hydrogen) atoms. The molecular formula is C33H42N4O3. The van der Waals surface area contributed by atoms with Crippen molar-refractivity contribution in [1.82, 2.24) is 14.8 Å². The summed E-state index contributed by atoms with van der Waals surface area (Å²) in [4.78, 5) is 36.4. The van der Waals surface area contributed by atoms with E-state index < -0.39 is 5.54 Å². The predicted molar refractivity (Wildman–Crippen MR) is 159 cm³/mol. The van der Waals surface area contributed by atoms with Gasteiger partial charge in [0.15, 0.2) is 0 Å². The highest BCUT2D eigenvalue weighted by Crippen LogP contribution is 2.67. The normalized spacial score (nSPS) is 23.5. The topological polar surface area (TPSA) is 77.7 Å². The molecule has 212 valence electrons. The van der Waals surface area contributed by atoms with E-state index in [1.54, 1.807) is 7.11 Å². The van der Waals surface area contributed by atoms with Crippen molar-refractivity contribution in [3.63, 3.8) is 0 Å². The minimum absolute atomic E-state index is 0.0197. The fourth-order valence-electron chi connectivity index (χ4n) is 7.30. The summed E-state index contributed by atoms with van der Waals surface area (Å²) in [5, 5.41) is 4.43. The van der Waals surface area contributed by atoms with Crippen LogP contribution in [0.4, 0.5) is 5.69 Å². The number of methoxy groups -OCH3 is 1. The second-order valence-electron chi connectivity index (χ2n) is 12.8. The fourth-order valence-corrected chi connectivity index (χ4v) is 7.30. The highest BCUT2D eigenvalue weighted by Gasteiger charge is 2.61. The Labute approximate surface area is 237 Å². The molecule has 2 heterocycles. The number of hydrogen-bond acceptors (Lipinski definition) is 4. The Morgan fingerprint density at radius 1 is 1.07 bits per heavy atom. The van der Waals surface area contributed by atoms with Gasteiger partial charge in [0.2, 0.25) is 11.8 Å². The summed E-state index contributed by atoms with van der Waals surface area (Å²) < 4.78 is 5.28. The lowest BCUT2D eigenvalue weighted by Gasteiger charge is -2.47. The number of rotatable bonds is 8. The van der Waals surface area contributed by atoms with E-state index in [-0.39, 0.29) is 29.2 Å². The summed E-state index contributed by atoms with van der Waals surface area (Å²) in [6, 6.07) is 16.0. The van der Waals surface area contributed by atoms with Crippen LogP contribution < -0.4 is 10.1 Å². The van der Waals surface area contributed by atoms with Crippen LogP contribution in [0.5, 0.6) is 5.75 Å². The average Bonchev–Trinajstić information content (AvgIpc) is 3.82. The number of piperidine rings is 1. The molecule has 0 bridgehead atoms. The first-order valence-electron chi connectivity index (χ1n) is 14.7. The van der Waals surface area contributed by atoms with Gasteiger partial charge in [0.25, 0.3) is 0 Å². The number of amides is 2. The second kappa shape index (κ2) is 9.95. The van der Waals surface area contributed by atoms with Crippen LogP contribution in [0.3, 0.4) is 0 Å². The highest BCUT2D eigenvalue weighted by molar-refractivity contribution is 6.01. The molecule has 2 unspecified atom stereocenters. The second-order valence-corrected chi connectivity index (χ2v) is 12.8. The zero-order valence-corrected chi connectivity index (χ0v) is 24.4. The van der Waals surface area contributed by atoms with Gasteiger partial charge in [-0.25, -0.2) is 0 Å². The van der Waals surface area contributed by atoms with Crippen LogP contribution in [0.25, 0.3) is 10.9 Å². The summed E-state index contributed by atoms with van der Waals surface area (Å²) in [6.45, 7) is 8.31. The lowest BCUT2D eigenvalue weighted by atomic mass is 9.83. The Hall–Kier alpha value is -3.32. The minimum atomic E-state index is -0.837. The van der Waals surface area contributed by atoms with Crippen LogP contribution in [0, 0.1) is 18.3 Å². The maximum absolute atomic E-state index is 14.4. The van der Waals surface area contributed by atoms with E-state index >= 15 is 0 Å². The van der Waals surface area contributed by atoms with Gasteiger partial charge in [-0.15, -0.1) is 0 Å². The first-order valence-corrected chi connectivity index (χ1v) is 14.7. The number of ether oxygens (including phenoxy) is 1. The van der Waals surface area contributed by atoms with Crippen molar-refractivity contribution in [3.05, 3.63) is 59.8 Å². The molecule has 2 saturated carbocycles. The number of aromatic amines is 1. The van der Waals surface area contributed by atoms with Crippen molar-refractivity contribution >= 4 is 28.4 Å². The van der Waals surface area contributed by atoms with Gasteiger partial charge in [-0.1, -0.05) is 32.0 Å². The molecule has 2 aliphatic carbocycles. The number of likely N-dealkylation sites (tertiary alicyclic amines) is 1. The maximum Gasteiger partial charge on any atom is 0.250 e. The molecule has 0 spiro atoms. The lowest BCUT2D eigenvalue weighted by molar-refractivity contribution is -0.150. The SMILES string of the molecule is COc1ccc(NC(=O)C2(N(C(=O)CC3C(c4c(C)[nH]c5ccccc45)C3(C)C)C3CC3)CCN(C)CC2)cc1. The molecule has 2 atom stereocenters. The molecular weight excluding hydrogens is 500 g/mol. The van der Waals surface area contributed by atoms with Crippen molar-refractivity contribution in [2.24, 2.45) is 11.3 Å². The molecule has 2 aromatic carbocycles. The maximum atomic E-state index is 14.4. The smallest absolute Gasteiger partial charge is 0.250 e. The minimum Gasteiger partial charge on any atom is -0.497 e. The molecule has 1 saturated heterocycles. The number of nitrogens with one attached hydrogen (secondary N) is 2. The fraction of sp³-hybridized carbons (Fsp3) is 0.515. The predicted octanol–water partition coefficient (Wildman–Crippen LogP) is 5.71. The monoisotopic (exact) mass is 542 g/mol. The van der Waals surface area contributed by atoms with Gasteiger partial charge in [0, 0.05) is 47.8 Å². The highest BCUT2D eigenvalue weighted by atomic mass is 16.5. The zero-order chi connectivity index (χ0) is 28.2. The third kappa shape index (κ3) is 4.58. The van der Waals surface area contributed by atoms with Crippen LogP contribution in [0.15, 0.2) is 48.5 Å². The summed E-state index contributed by atoms with van der Waals surface area (Å²) in [5.41, 5.74) is 3.61. The van der Waals surface area contributed by atoms with Gasteiger partial charge in [-0.3, -0.25) is 9.59 Å². The van der Waals surface area contributed by atoms with Gasteiger partial charge < -0.3 is 24.8 Å². The van der Waals surface area contributed by atoms with E-state index in [2.05, 4.69) is 67.3 Å². The summed E-state index contributed by atoms with van der Waals surface area (Å²) in [7, 11) is 3.72. The Bertz CT molecular complexity index is 1410. The summed E-state index contributed by atoms with van der Waals surface area (Å²) >= 11 is 0. The third-order valence-corrected chi connectivity index (χ3v) is 9.93. The van der Waals surface area contributed by atoms with E-state index in [1.807, 2.05) is 29.2 Å². The largest absolute Gasteiger partial charge is 0.497 e. The molecule has 3 aliphatic rings. The number of hydrogen-bond donors (Lipinski definition) is 2. The van der Waals surface area contributed by atoms with Crippen LogP contribution in [0.2, 0.25) is 0 Å². The number of carbonyl (C=O) groups excluding carboxylic acids is 2. The van der Waals surface area contributed by atoms with E-state index in [0.717, 1.165) is 42.9 Å². The summed E-state index contributed by atoms with van der Waals surface area (Å²) in [5.74, 6) is 1.37. The van der Waals surface area contributed by atoms with Crippen molar-refractivity contribution in [2.45, 2.75) is 70.4 Å². The number of nitrogens with zero attached hydrogens (tertiary/aromatic N) is 2. The number of para-hydroxylation sites is 1. The van der Waals surface area contributed by atoms with Crippen molar-refractivity contribution in [3.8, 4) is 5.75 Å². The molecule has 0 radical (unpaired) electrons. The number of fused-ring (bicyclic) bond motifs is 1. The molecule has 1 aromatic heterocycles. The summed E-state index contributed by atoms with van der Waals surface area (Å²) in [6.07, 6.45) is 3.70. The Balaban J connectivity index is 1.27. The molecule has 6 rings (SSSR count). The molecule has 3 fully saturated rings. The van der Waals surface area contributed by atoms with E-state index in [9.17, 15) is 9.59 Å². The first kappa shape index (κ1) is 26.9. The number of benzene rings is 2. The van der Waals surface area contributed by atoms with Gasteiger partial charge in [-0.2, -0.15) is 0 Å². The Morgan fingerprint density at radius 2 is 1.75 bits per heavy atom. The van der Waals surface area contributed by atoms with Gasteiger partial charge in [0.05, 0.1) is 7.11 Å². The molecule has 7 nitrogen and oxygen atoms in total. The zero-order valence-electron chi connectivity index (χ0n) is 24.4. The molecule has 1 aliphatic heterocycles. The quantitative estimate of drug-likeness (QED) is 0.382. The number of carbonyl (C=O) groups is 2. The van der Waals surface area contributed by atoms with Crippen LogP contribution in [-0.2, 0) is 9.59 Å². The van der Waals surface area contributed by atoms with Gasteiger partial charge in [0.1, 0.15) is 11.3 Å².